The number of hydrogen-bond donors (Lipinski definition) is 1. The van der Waals surface area contributed by atoms with Gasteiger partial charge in [-0.1, -0.05) is 36.9 Å². The second kappa shape index (κ2) is 8.89. The highest BCUT2D eigenvalue weighted by Gasteiger charge is 2.08. The molecule has 1 amide bonds. The first kappa shape index (κ1) is 17.8. The van der Waals surface area contributed by atoms with Crippen LogP contribution in [-0.2, 0) is 13.1 Å². The minimum Gasteiger partial charge on any atom is -0.490 e. The van der Waals surface area contributed by atoms with Crippen LogP contribution in [0.2, 0.25) is 0 Å². The van der Waals surface area contributed by atoms with E-state index < -0.39 is 0 Å². The van der Waals surface area contributed by atoms with Crippen molar-refractivity contribution in [2.75, 3.05) is 20.7 Å². The van der Waals surface area contributed by atoms with Crippen LogP contribution >= 0.6 is 0 Å². The van der Waals surface area contributed by atoms with E-state index in [1.165, 1.54) is 5.56 Å². The smallest absolute Gasteiger partial charge is 0.251 e. The molecule has 0 aliphatic carbocycles. The van der Waals surface area contributed by atoms with Gasteiger partial charge in [-0.3, -0.25) is 4.79 Å². The van der Waals surface area contributed by atoms with Gasteiger partial charge in [0.1, 0.15) is 12.4 Å². The van der Waals surface area contributed by atoms with Crippen molar-refractivity contribution in [3.63, 3.8) is 0 Å². The molecule has 4 heteroatoms. The normalized spacial score (nSPS) is 10.5. The van der Waals surface area contributed by atoms with Crippen molar-refractivity contribution in [1.82, 2.24) is 10.2 Å². The molecule has 0 saturated heterocycles. The molecule has 2 aromatic rings. The first-order valence-electron chi connectivity index (χ1n) is 7.93. The van der Waals surface area contributed by atoms with Crippen LogP contribution in [0, 0.1) is 0 Å². The quantitative estimate of drug-likeness (QED) is 0.758. The van der Waals surface area contributed by atoms with Gasteiger partial charge in [-0.25, -0.2) is 0 Å². The third-order valence-electron chi connectivity index (χ3n) is 3.53. The molecule has 0 saturated carbocycles. The molecule has 0 heterocycles. The number of benzene rings is 2. The molecular formula is C20H24N2O2. The van der Waals surface area contributed by atoms with Gasteiger partial charge >= 0.3 is 0 Å². The van der Waals surface area contributed by atoms with E-state index in [-0.39, 0.29) is 5.91 Å². The van der Waals surface area contributed by atoms with Gasteiger partial charge in [0.05, 0.1) is 0 Å². The lowest BCUT2D eigenvalue weighted by Gasteiger charge is -2.14. The van der Waals surface area contributed by atoms with E-state index in [4.69, 9.17) is 4.74 Å². The molecule has 4 nitrogen and oxygen atoms in total. The molecule has 2 aromatic carbocycles. The van der Waals surface area contributed by atoms with E-state index in [1.54, 1.807) is 30.3 Å². The van der Waals surface area contributed by atoms with Gasteiger partial charge < -0.3 is 15.0 Å². The lowest BCUT2D eigenvalue weighted by molar-refractivity contribution is 0.0951. The number of nitrogens with one attached hydrogen (secondary N) is 1. The van der Waals surface area contributed by atoms with Crippen molar-refractivity contribution in [2.45, 2.75) is 13.1 Å². The highest BCUT2D eigenvalue weighted by molar-refractivity contribution is 5.94. The van der Waals surface area contributed by atoms with E-state index in [9.17, 15) is 4.79 Å². The number of carbonyl (C=O) groups excluding carboxylic acids is 1. The molecule has 0 atom stereocenters. The fraction of sp³-hybridized carbons (Fsp3) is 0.250. The Kier molecular flexibility index (Phi) is 6.58. The Hall–Kier alpha value is -2.59. The summed E-state index contributed by atoms with van der Waals surface area (Å²) in [6.07, 6.45) is 1.69. The van der Waals surface area contributed by atoms with Crippen LogP contribution in [0.5, 0.6) is 5.75 Å². The van der Waals surface area contributed by atoms with Gasteiger partial charge in [0, 0.05) is 18.7 Å². The minimum atomic E-state index is -0.0927. The van der Waals surface area contributed by atoms with E-state index >= 15 is 0 Å². The molecule has 0 bridgehead atoms. The van der Waals surface area contributed by atoms with Crippen molar-refractivity contribution in [2.24, 2.45) is 0 Å². The summed E-state index contributed by atoms with van der Waals surface area (Å²) in [4.78, 5) is 14.4. The maximum atomic E-state index is 12.3. The average Bonchev–Trinajstić information content (AvgIpc) is 2.59. The van der Waals surface area contributed by atoms with E-state index in [0.717, 1.165) is 17.9 Å². The highest BCUT2D eigenvalue weighted by Crippen LogP contribution is 2.13. The monoisotopic (exact) mass is 324 g/mol. The molecule has 0 aliphatic heterocycles. The first-order valence-corrected chi connectivity index (χ1v) is 7.93. The second-order valence-electron chi connectivity index (χ2n) is 5.81. The molecule has 2 rings (SSSR count). The van der Waals surface area contributed by atoms with Gasteiger partial charge in [-0.05, 0) is 49.5 Å². The number of rotatable bonds is 8. The Morgan fingerprint density at radius 1 is 1.12 bits per heavy atom. The second-order valence-corrected chi connectivity index (χ2v) is 5.81. The molecule has 0 aromatic heterocycles. The molecule has 126 valence electrons. The number of hydrogen-bond acceptors (Lipinski definition) is 3. The van der Waals surface area contributed by atoms with Gasteiger partial charge in [0.25, 0.3) is 5.91 Å². The Balaban J connectivity index is 1.97. The maximum absolute atomic E-state index is 12.3. The summed E-state index contributed by atoms with van der Waals surface area (Å²) in [5.41, 5.74) is 2.97. The summed E-state index contributed by atoms with van der Waals surface area (Å²) in [7, 11) is 4.07. The van der Waals surface area contributed by atoms with Crippen LogP contribution in [0.4, 0.5) is 0 Å². The molecule has 0 unspecified atom stereocenters. The Bertz CT molecular complexity index is 678. The molecule has 0 spiro atoms. The fourth-order valence-electron chi connectivity index (χ4n) is 2.36. The highest BCUT2D eigenvalue weighted by atomic mass is 16.5. The van der Waals surface area contributed by atoms with Crippen molar-refractivity contribution in [1.29, 1.82) is 0 Å². The average molecular weight is 324 g/mol. The van der Waals surface area contributed by atoms with Crippen molar-refractivity contribution in [3.8, 4) is 5.75 Å². The zero-order valence-electron chi connectivity index (χ0n) is 14.3. The molecule has 0 radical (unpaired) electrons. The van der Waals surface area contributed by atoms with Crippen molar-refractivity contribution in [3.05, 3.63) is 77.9 Å². The van der Waals surface area contributed by atoms with E-state index in [2.05, 4.69) is 22.9 Å². The predicted molar refractivity (Wildman–Crippen MR) is 97.1 cm³/mol. The van der Waals surface area contributed by atoms with Gasteiger partial charge in [-0.15, -0.1) is 0 Å². The molecule has 24 heavy (non-hydrogen) atoms. The lowest BCUT2D eigenvalue weighted by Crippen LogP contribution is -2.24. The van der Waals surface area contributed by atoms with Crippen molar-refractivity contribution >= 4 is 5.91 Å². The number of amides is 1. The summed E-state index contributed by atoms with van der Waals surface area (Å²) in [5.74, 6) is 0.632. The molecule has 0 aliphatic rings. The van der Waals surface area contributed by atoms with Gasteiger partial charge in [0.15, 0.2) is 0 Å². The third-order valence-corrected chi connectivity index (χ3v) is 3.53. The van der Waals surface area contributed by atoms with Crippen LogP contribution in [0.1, 0.15) is 21.5 Å². The summed E-state index contributed by atoms with van der Waals surface area (Å²) in [5, 5.41) is 2.98. The van der Waals surface area contributed by atoms with Crippen LogP contribution in [-0.4, -0.2) is 31.5 Å². The molecular weight excluding hydrogens is 300 g/mol. The maximum Gasteiger partial charge on any atom is 0.251 e. The van der Waals surface area contributed by atoms with Gasteiger partial charge in [-0.2, -0.15) is 0 Å². The van der Waals surface area contributed by atoms with E-state index in [0.29, 0.717) is 18.7 Å². The zero-order valence-corrected chi connectivity index (χ0v) is 14.3. The Morgan fingerprint density at radius 2 is 1.79 bits per heavy atom. The number of carbonyl (C=O) groups is 1. The van der Waals surface area contributed by atoms with Crippen LogP contribution in [0.25, 0.3) is 0 Å². The lowest BCUT2D eigenvalue weighted by atomic mass is 10.1. The topological polar surface area (TPSA) is 41.6 Å². The summed E-state index contributed by atoms with van der Waals surface area (Å²) < 4.78 is 5.42. The third kappa shape index (κ3) is 5.25. The minimum absolute atomic E-state index is 0.0927. The number of ether oxygens (including phenoxy) is 1. The van der Waals surface area contributed by atoms with E-state index in [1.807, 2.05) is 32.3 Å². The zero-order chi connectivity index (χ0) is 17.4. The predicted octanol–water partition coefficient (Wildman–Crippen LogP) is 3.24. The van der Waals surface area contributed by atoms with Crippen molar-refractivity contribution < 1.29 is 9.53 Å². The SMILES string of the molecule is C=CCOc1ccc(C(=O)NCc2ccccc2CN(C)C)cc1. The molecule has 1 N–H and O–H groups in total. The van der Waals surface area contributed by atoms with Crippen LogP contribution < -0.4 is 10.1 Å². The largest absolute Gasteiger partial charge is 0.490 e. The first-order chi connectivity index (χ1) is 11.6. The summed E-state index contributed by atoms with van der Waals surface area (Å²) >= 11 is 0. The Morgan fingerprint density at radius 3 is 2.42 bits per heavy atom. The summed E-state index contributed by atoms with van der Waals surface area (Å²) in [6.45, 7) is 5.42. The number of nitrogens with zero attached hydrogens (tertiary/aromatic N) is 1. The van der Waals surface area contributed by atoms with Crippen LogP contribution in [0.3, 0.4) is 0 Å². The van der Waals surface area contributed by atoms with Gasteiger partial charge in [0.2, 0.25) is 0 Å². The van der Waals surface area contributed by atoms with Crippen LogP contribution in [0.15, 0.2) is 61.2 Å². The summed E-state index contributed by atoms with van der Waals surface area (Å²) in [6, 6.07) is 15.3. The fourth-order valence-corrected chi connectivity index (χ4v) is 2.36. The Labute approximate surface area is 143 Å². The molecule has 0 fully saturated rings. The standard InChI is InChI=1S/C20H24N2O2/c1-4-13-24-19-11-9-16(10-12-19)20(23)21-14-17-7-5-6-8-18(17)15-22(2)3/h4-12H,1,13-15H2,2-3H3,(H,21,23).